The number of anilines is 8. The monoisotopic (exact) mass is 873 g/mol. The average Bonchev–Trinajstić information content (AvgIpc) is 3.70. The van der Waals surface area contributed by atoms with Crippen LogP contribution in [0.5, 0.6) is 0 Å². The molecule has 0 aromatic heterocycles. The molecule has 3 aliphatic heterocycles. The summed E-state index contributed by atoms with van der Waals surface area (Å²) in [5.41, 5.74) is 19.4. The van der Waals surface area contributed by atoms with Crippen LogP contribution in [0.3, 0.4) is 0 Å². The number of ether oxygens (including phenoxy) is 1. The van der Waals surface area contributed by atoms with E-state index in [2.05, 4.69) is 265 Å². The molecular weight excluding hydrogens is 814 g/mol. The van der Waals surface area contributed by atoms with Crippen molar-refractivity contribution < 1.29 is 4.74 Å². The second-order valence-electron chi connectivity index (χ2n) is 21.8. The first-order valence-corrected chi connectivity index (χ1v) is 24.0. The van der Waals surface area contributed by atoms with Crippen LogP contribution >= 0.6 is 0 Å². The van der Waals surface area contributed by atoms with Crippen LogP contribution in [0.1, 0.15) is 79.0 Å². The fraction of sp³-hybridized carbons (Fsp3) is 0.226. The highest BCUT2D eigenvalue weighted by atomic mass is 16.5. The van der Waals surface area contributed by atoms with E-state index in [1.807, 2.05) is 0 Å². The number of nitrogens with zero attached hydrogens (tertiary/aromatic N) is 3. The Hall–Kier alpha value is -6.98. The zero-order chi connectivity index (χ0) is 46.4. The van der Waals surface area contributed by atoms with E-state index in [4.69, 9.17) is 4.74 Å². The summed E-state index contributed by atoms with van der Waals surface area (Å²) in [5.74, 6) is 1.01. The molecule has 0 bridgehead atoms. The highest BCUT2D eigenvalue weighted by Gasteiger charge is 2.52. The lowest BCUT2D eigenvalue weighted by Crippen LogP contribution is -2.56. The second kappa shape index (κ2) is 15.8. The predicted octanol–water partition coefficient (Wildman–Crippen LogP) is 15.2. The lowest BCUT2D eigenvalue weighted by atomic mass is 9.31. The third kappa shape index (κ3) is 7.40. The first-order valence-electron chi connectivity index (χ1n) is 24.0. The Morgan fingerprint density at radius 3 is 1.61 bits per heavy atom. The molecule has 0 spiro atoms. The zero-order valence-corrected chi connectivity index (χ0v) is 40.4. The molecule has 2 unspecified atom stereocenters. The third-order valence-corrected chi connectivity index (χ3v) is 14.3. The number of para-hydroxylation sites is 1. The maximum Gasteiger partial charge on any atom is 0.252 e. The number of benzene rings is 7. The maximum absolute atomic E-state index is 7.20. The van der Waals surface area contributed by atoms with Crippen LogP contribution in [0, 0.1) is 5.92 Å². The van der Waals surface area contributed by atoms with Gasteiger partial charge in [-0.1, -0.05) is 172 Å². The summed E-state index contributed by atoms with van der Waals surface area (Å²) >= 11 is 0. The summed E-state index contributed by atoms with van der Waals surface area (Å²) < 4.78 is 7.20. The van der Waals surface area contributed by atoms with Crippen LogP contribution in [0.25, 0.3) is 11.1 Å². The number of allylic oxidation sites excluding steroid dienone is 2. The van der Waals surface area contributed by atoms with Gasteiger partial charge >= 0.3 is 0 Å². The van der Waals surface area contributed by atoms with Gasteiger partial charge in [0.05, 0.1) is 0 Å². The van der Waals surface area contributed by atoms with Crippen molar-refractivity contribution in [1.82, 2.24) is 0 Å². The Morgan fingerprint density at radius 1 is 0.463 bits per heavy atom. The first kappa shape index (κ1) is 42.6. The Bertz CT molecular complexity index is 3050. The summed E-state index contributed by atoms with van der Waals surface area (Å²) in [6.07, 6.45) is 8.83. The SMILES string of the molecule is CC(C)(C)c1ccc(-c2cccc(N3C4=C(B5c6ccc(N(c7ccc(C(C)(C)C)cc7)c7ccc(C(C)(C)C)cc7)cc6N(c6ccccc6)c6cccc3c65)C3C=CC=CC3O4)c2)cc1. The van der Waals surface area contributed by atoms with Crippen LogP contribution in [0.4, 0.5) is 45.5 Å². The molecule has 2 atom stereocenters. The topological polar surface area (TPSA) is 19.0 Å². The van der Waals surface area contributed by atoms with Crippen molar-refractivity contribution in [2.75, 3.05) is 14.7 Å². The minimum atomic E-state index is -0.0964. The molecule has 3 heterocycles. The van der Waals surface area contributed by atoms with Crippen molar-refractivity contribution in [1.29, 1.82) is 0 Å². The van der Waals surface area contributed by atoms with Gasteiger partial charge in [0.25, 0.3) is 6.71 Å². The smallest absolute Gasteiger partial charge is 0.252 e. The number of hydrogen-bond donors (Lipinski definition) is 0. The van der Waals surface area contributed by atoms with Gasteiger partial charge in [0.2, 0.25) is 0 Å². The molecule has 0 radical (unpaired) electrons. The molecule has 4 nitrogen and oxygen atoms in total. The van der Waals surface area contributed by atoms with Gasteiger partial charge in [-0.15, -0.1) is 0 Å². The highest BCUT2D eigenvalue weighted by Crippen LogP contribution is 2.51. The van der Waals surface area contributed by atoms with E-state index in [-0.39, 0.29) is 35.0 Å². The molecule has 67 heavy (non-hydrogen) atoms. The van der Waals surface area contributed by atoms with E-state index < -0.39 is 0 Å². The Kier molecular flexibility index (Phi) is 10.1. The predicted molar refractivity (Wildman–Crippen MR) is 285 cm³/mol. The maximum atomic E-state index is 7.20. The summed E-state index contributed by atoms with van der Waals surface area (Å²) in [4.78, 5) is 7.33. The molecule has 332 valence electrons. The van der Waals surface area contributed by atoms with Crippen molar-refractivity contribution in [3.8, 4) is 11.1 Å². The molecule has 1 aliphatic carbocycles. The third-order valence-electron chi connectivity index (χ3n) is 14.3. The van der Waals surface area contributed by atoms with E-state index in [0.717, 1.165) is 40.0 Å². The van der Waals surface area contributed by atoms with Crippen molar-refractivity contribution in [2.24, 2.45) is 5.92 Å². The van der Waals surface area contributed by atoms with Crippen molar-refractivity contribution in [3.63, 3.8) is 0 Å². The quantitative estimate of drug-likeness (QED) is 0.155. The zero-order valence-electron chi connectivity index (χ0n) is 40.4. The van der Waals surface area contributed by atoms with Crippen molar-refractivity contribution >= 4 is 63.1 Å². The minimum absolute atomic E-state index is 0.0358. The van der Waals surface area contributed by atoms with E-state index in [0.29, 0.717) is 0 Å². The lowest BCUT2D eigenvalue weighted by molar-refractivity contribution is 0.162. The van der Waals surface area contributed by atoms with Gasteiger partial charge in [-0.2, -0.15) is 0 Å². The van der Waals surface area contributed by atoms with Crippen molar-refractivity contribution in [2.45, 2.75) is 84.7 Å². The first-order chi connectivity index (χ1) is 32.1. The van der Waals surface area contributed by atoms with Crippen molar-refractivity contribution in [3.05, 3.63) is 216 Å². The van der Waals surface area contributed by atoms with Crippen LogP contribution in [0.15, 0.2) is 199 Å². The molecule has 0 amide bonds. The van der Waals surface area contributed by atoms with E-state index in [1.54, 1.807) is 0 Å². The molecule has 0 saturated heterocycles. The Morgan fingerprint density at radius 2 is 1.00 bits per heavy atom. The van der Waals surface area contributed by atoms with Crippen LogP contribution < -0.4 is 25.6 Å². The minimum Gasteiger partial charge on any atom is -0.471 e. The lowest BCUT2D eigenvalue weighted by Gasteiger charge is -2.43. The van der Waals surface area contributed by atoms with Gasteiger partial charge < -0.3 is 14.5 Å². The van der Waals surface area contributed by atoms with Crippen LogP contribution in [0.2, 0.25) is 0 Å². The Labute approximate surface area is 398 Å². The summed E-state index contributed by atoms with van der Waals surface area (Å²) in [7, 11) is 0. The summed E-state index contributed by atoms with van der Waals surface area (Å²) in [5, 5.41) is 0. The molecular formula is C62H60BN3O. The Balaban J connectivity index is 1.11. The summed E-state index contributed by atoms with van der Waals surface area (Å²) in [6.45, 7) is 20.5. The molecule has 0 N–H and O–H groups in total. The standard InChI is InChI=1S/C62H60BN3O/c1-60(2,3)43-27-25-41(26-28-43)42-17-15-20-49(39-42)66-54-23-16-22-53-58(54)63(57-51-21-13-14-24-56(51)67-59(57)66)52-38-37-50(40-55(52)65(53)46-18-11-10-12-19-46)64(47-33-29-44(30-34-47)61(4,5)6)48-35-31-45(32-36-48)62(7,8)9/h10-40,51,56H,1-9H3. The van der Waals surface area contributed by atoms with E-state index in [1.165, 1.54) is 55.6 Å². The van der Waals surface area contributed by atoms with Gasteiger partial charge in [0.1, 0.15) is 6.10 Å². The number of rotatable bonds is 6. The fourth-order valence-corrected chi connectivity index (χ4v) is 10.6. The van der Waals surface area contributed by atoms with Gasteiger partial charge in [0.15, 0.2) is 5.88 Å². The number of hydrogen-bond acceptors (Lipinski definition) is 4. The van der Waals surface area contributed by atoms with Crippen LogP contribution in [-0.2, 0) is 21.0 Å². The van der Waals surface area contributed by atoms with Gasteiger partial charge in [-0.3, -0.25) is 4.90 Å². The molecule has 0 saturated carbocycles. The normalized spacial score (nSPS) is 17.2. The molecule has 5 heteroatoms. The fourth-order valence-electron chi connectivity index (χ4n) is 10.6. The second-order valence-corrected chi connectivity index (χ2v) is 21.8. The number of fused-ring (bicyclic) bond motifs is 5. The molecule has 7 aromatic rings. The van der Waals surface area contributed by atoms with E-state index in [9.17, 15) is 0 Å². The summed E-state index contributed by atoms with van der Waals surface area (Å²) in [6, 6.07) is 61.3. The highest BCUT2D eigenvalue weighted by molar-refractivity contribution is 6.95. The van der Waals surface area contributed by atoms with Crippen LogP contribution in [-0.4, -0.2) is 12.8 Å². The molecule has 4 aliphatic rings. The molecule has 0 fully saturated rings. The van der Waals surface area contributed by atoms with Gasteiger partial charge in [-0.05, 0) is 139 Å². The van der Waals surface area contributed by atoms with E-state index >= 15 is 0 Å². The van der Waals surface area contributed by atoms with Gasteiger partial charge in [-0.25, -0.2) is 0 Å². The largest absolute Gasteiger partial charge is 0.471 e. The molecule has 11 rings (SSSR count). The molecule has 7 aromatic carbocycles. The van der Waals surface area contributed by atoms with Gasteiger partial charge in [0, 0.05) is 51.4 Å². The average molecular weight is 874 g/mol.